The molecule has 0 radical (unpaired) electrons. The minimum atomic E-state index is -1.09. The number of hydrogen-bond acceptors (Lipinski definition) is 10. The molecule has 0 spiro atoms. The van der Waals surface area contributed by atoms with Gasteiger partial charge in [0.15, 0.2) is 11.6 Å². The topological polar surface area (TPSA) is 223 Å². The number of aliphatic imine (C=N–C) groups is 2. The third kappa shape index (κ3) is 10.6. The number of guanidine groups is 2. The van der Waals surface area contributed by atoms with Crippen molar-refractivity contribution in [1.82, 2.24) is 0 Å². The summed E-state index contributed by atoms with van der Waals surface area (Å²) in [5.74, 6) is -2.50. The summed E-state index contributed by atoms with van der Waals surface area (Å²) < 4.78 is 21.4. The Morgan fingerprint density at radius 2 is 0.788 bits per heavy atom. The first-order valence-corrected chi connectivity index (χ1v) is 16.1. The van der Waals surface area contributed by atoms with Crippen LogP contribution in [-0.2, 0) is 18.9 Å². The number of fused-ring (bicyclic) bond motifs is 2. The third-order valence-electron chi connectivity index (χ3n) is 6.31. The molecule has 0 aliphatic heterocycles. The van der Waals surface area contributed by atoms with Crippen LogP contribution in [-0.4, -0.2) is 70.3 Å². The Morgan fingerprint density at radius 3 is 1.08 bits per heavy atom. The zero-order valence-electron chi connectivity index (χ0n) is 31.5. The maximum absolute atomic E-state index is 14.1. The Labute approximate surface area is 302 Å². The van der Waals surface area contributed by atoms with Crippen LogP contribution in [0, 0.1) is 0 Å². The van der Waals surface area contributed by atoms with E-state index in [9.17, 15) is 28.8 Å². The molecule has 52 heavy (non-hydrogen) atoms. The van der Waals surface area contributed by atoms with E-state index >= 15 is 0 Å². The van der Waals surface area contributed by atoms with E-state index in [1.54, 1.807) is 83.1 Å². The predicted molar refractivity (Wildman–Crippen MR) is 193 cm³/mol. The first-order valence-electron chi connectivity index (χ1n) is 16.1. The summed E-state index contributed by atoms with van der Waals surface area (Å²) in [5, 5.41) is 0. The SMILES string of the molecule is CC(C)(C)OC(=O)N=C(N)N(C(=O)OC(C)(C)C)c1ccc2c(c1)C(=O)c1cc(N(C(=O)OC(C)(C)C)C(N)=NC(=O)OC(C)(C)C)ccc1C2=O. The Morgan fingerprint density at radius 1 is 0.500 bits per heavy atom. The van der Waals surface area contributed by atoms with Crippen LogP contribution in [0.15, 0.2) is 46.4 Å². The number of ketones is 2. The summed E-state index contributed by atoms with van der Waals surface area (Å²) in [6.07, 6.45) is -4.26. The van der Waals surface area contributed by atoms with Crippen LogP contribution in [0.5, 0.6) is 0 Å². The number of carbonyl (C=O) groups excluding carboxylic acids is 6. The van der Waals surface area contributed by atoms with Crippen molar-refractivity contribution in [2.24, 2.45) is 21.5 Å². The molecule has 2 aromatic rings. The molecular weight excluding hydrogens is 676 g/mol. The Kier molecular flexibility index (Phi) is 11.3. The first kappa shape index (κ1) is 40.6. The number of amides is 4. The van der Waals surface area contributed by atoms with Crippen molar-refractivity contribution < 1.29 is 47.7 Å². The molecule has 16 nitrogen and oxygen atoms in total. The van der Waals surface area contributed by atoms with Crippen molar-refractivity contribution in [2.45, 2.75) is 105 Å². The molecule has 0 atom stereocenters. The van der Waals surface area contributed by atoms with Gasteiger partial charge in [0, 0.05) is 22.3 Å². The summed E-state index contributed by atoms with van der Waals surface area (Å²) in [4.78, 5) is 88.6. The van der Waals surface area contributed by atoms with Crippen LogP contribution in [0.4, 0.5) is 30.6 Å². The molecule has 4 amide bonds. The molecule has 0 heterocycles. The Hall–Kier alpha value is -5.80. The standard InChI is InChI=1S/C36H46N6O10/c1-33(2,3)49-29(45)39-27(37)41(31(47)51-35(7,8)9)19-13-15-21-23(17-19)26(44)24-18-20(14-16-22(24)25(21)43)42(32(48)52-36(10,11)12)28(38)40-30(46)50-34(4,5)6/h13-18H,1-12H3,(H2,37,39,45)(H2,38,40,46). The van der Waals surface area contributed by atoms with Gasteiger partial charge in [-0.05, 0) is 119 Å². The van der Waals surface area contributed by atoms with Crippen molar-refractivity contribution in [3.63, 3.8) is 0 Å². The summed E-state index contributed by atoms with van der Waals surface area (Å²) in [6, 6.07) is 7.75. The van der Waals surface area contributed by atoms with Crippen molar-refractivity contribution in [3.8, 4) is 0 Å². The monoisotopic (exact) mass is 722 g/mol. The Bertz CT molecular complexity index is 1740. The zero-order chi connectivity index (χ0) is 39.7. The van der Waals surface area contributed by atoms with Crippen molar-refractivity contribution in [1.29, 1.82) is 0 Å². The molecule has 0 saturated carbocycles. The number of nitrogens with two attached hydrogens (primary N) is 2. The quantitative estimate of drug-likeness (QED) is 0.166. The van der Waals surface area contributed by atoms with E-state index < -0.39 is 70.3 Å². The zero-order valence-corrected chi connectivity index (χ0v) is 31.5. The molecular formula is C36H46N6O10. The van der Waals surface area contributed by atoms with E-state index in [0.717, 1.165) is 9.80 Å². The minimum Gasteiger partial charge on any atom is -0.443 e. The molecule has 280 valence electrons. The third-order valence-corrected chi connectivity index (χ3v) is 6.31. The minimum absolute atomic E-state index is 0.00390. The summed E-state index contributed by atoms with van der Waals surface area (Å²) in [7, 11) is 0. The van der Waals surface area contributed by atoms with Gasteiger partial charge in [0.05, 0.1) is 11.4 Å². The number of benzene rings is 2. The molecule has 0 bridgehead atoms. The lowest BCUT2D eigenvalue weighted by atomic mass is 9.83. The van der Waals surface area contributed by atoms with Crippen LogP contribution in [0.1, 0.15) is 115 Å². The highest BCUT2D eigenvalue weighted by atomic mass is 16.6. The second-order valence-electron chi connectivity index (χ2n) is 15.7. The van der Waals surface area contributed by atoms with Crippen molar-refractivity contribution in [2.75, 3.05) is 9.80 Å². The lowest BCUT2D eigenvalue weighted by molar-refractivity contribution is 0.0577. The number of hydrogen-bond donors (Lipinski definition) is 2. The van der Waals surface area contributed by atoms with Gasteiger partial charge in [0.2, 0.25) is 11.9 Å². The largest absolute Gasteiger partial charge is 0.443 e. The van der Waals surface area contributed by atoms with Gasteiger partial charge in [-0.25, -0.2) is 29.0 Å². The normalized spacial score (nSPS) is 13.8. The molecule has 0 aromatic heterocycles. The fourth-order valence-corrected chi connectivity index (χ4v) is 4.54. The van der Waals surface area contributed by atoms with E-state index in [1.807, 2.05) is 0 Å². The van der Waals surface area contributed by atoms with Gasteiger partial charge in [-0.3, -0.25) is 9.59 Å². The summed E-state index contributed by atoms with van der Waals surface area (Å²) in [6.45, 7) is 19.4. The van der Waals surface area contributed by atoms with Gasteiger partial charge < -0.3 is 30.4 Å². The average molecular weight is 723 g/mol. The van der Waals surface area contributed by atoms with Crippen LogP contribution in [0.2, 0.25) is 0 Å². The van der Waals surface area contributed by atoms with Gasteiger partial charge in [-0.2, -0.15) is 0 Å². The van der Waals surface area contributed by atoms with Crippen molar-refractivity contribution in [3.05, 3.63) is 58.7 Å². The van der Waals surface area contributed by atoms with Gasteiger partial charge in [0.1, 0.15) is 22.4 Å². The first-order chi connectivity index (χ1) is 23.6. The number of nitrogens with zero attached hydrogens (tertiary/aromatic N) is 4. The van der Waals surface area contributed by atoms with E-state index in [-0.39, 0.29) is 33.6 Å². The molecule has 4 N–H and O–H groups in total. The highest BCUT2D eigenvalue weighted by molar-refractivity contribution is 6.30. The van der Waals surface area contributed by atoms with E-state index in [2.05, 4.69) is 9.98 Å². The van der Waals surface area contributed by atoms with Gasteiger partial charge in [-0.15, -0.1) is 9.98 Å². The predicted octanol–water partition coefficient (Wildman–Crippen LogP) is 6.44. The van der Waals surface area contributed by atoms with Crippen LogP contribution < -0.4 is 21.3 Å². The molecule has 1 aliphatic rings. The molecule has 2 aromatic carbocycles. The number of ether oxygens (including phenoxy) is 4. The highest BCUT2D eigenvalue weighted by Crippen LogP contribution is 2.33. The van der Waals surface area contributed by atoms with E-state index in [4.69, 9.17) is 30.4 Å². The van der Waals surface area contributed by atoms with Gasteiger partial charge in [0.25, 0.3) is 0 Å². The van der Waals surface area contributed by atoms with E-state index in [0.29, 0.717) is 0 Å². The average Bonchev–Trinajstić information content (AvgIpc) is 2.91. The van der Waals surface area contributed by atoms with Crippen LogP contribution >= 0.6 is 0 Å². The van der Waals surface area contributed by atoms with Gasteiger partial charge >= 0.3 is 24.4 Å². The molecule has 0 saturated heterocycles. The highest BCUT2D eigenvalue weighted by Gasteiger charge is 2.35. The second kappa shape index (κ2) is 14.4. The molecule has 16 heteroatoms. The summed E-state index contributed by atoms with van der Waals surface area (Å²) >= 11 is 0. The maximum Gasteiger partial charge on any atom is 0.437 e. The fraction of sp³-hybridized carbons (Fsp3) is 0.444. The van der Waals surface area contributed by atoms with Crippen LogP contribution in [0.3, 0.4) is 0 Å². The van der Waals surface area contributed by atoms with Crippen LogP contribution in [0.25, 0.3) is 0 Å². The number of anilines is 2. The Balaban J connectivity index is 2.17. The summed E-state index contributed by atoms with van der Waals surface area (Å²) in [5.41, 5.74) is 7.99. The lowest BCUT2D eigenvalue weighted by Gasteiger charge is -2.28. The fourth-order valence-electron chi connectivity index (χ4n) is 4.54. The van der Waals surface area contributed by atoms with E-state index in [1.165, 1.54) is 36.4 Å². The lowest BCUT2D eigenvalue weighted by Crippen LogP contribution is -2.46. The smallest absolute Gasteiger partial charge is 0.437 e. The molecule has 0 unspecified atom stereocenters. The maximum atomic E-state index is 14.1. The number of rotatable bonds is 2. The number of carbonyl (C=O) groups is 6. The second-order valence-corrected chi connectivity index (χ2v) is 15.7. The van der Waals surface area contributed by atoms with Crippen molar-refractivity contribution >= 4 is 59.2 Å². The molecule has 0 fully saturated rings. The molecule has 1 aliphatic carbocycles. The van der Waals surface area contributed by atoms with Gasteiger partial charge in [-0.1, -0.05) is 0 Å². The molecule has 3 rings (SSSR count).